The van der Waals surface area contributed by atoms with Gasteiger partial charge in [-0.15, -0.1) is 0 Å². The van der Waals surface area contributed by atoms with Gasteiger partial charge in [-0.3, -0.25) is 9.59 Å². The van der Waals surface area contributed by atoms with Crippen molar-refractivity contribution in [2.75, 3.05) is 20.1 Å². The maximum absolute atomic E-state index is 14.4. The number of hydrogen-bond donors (Lipinski definition) is 1. The highest BCUT2D eigenvalue weighted by Crippen LogP contribution is 2.22. The highest BCUT2D eigenvalue weighted by molar-refractivity contribution is 7.89. The molecule has 0 heterocycles. The molecule has 1 N–H and O–H groups in total. The number of rotatable bonds is 10. The van der Waals surface area contributed by atoms with Crippen LogP contribution in [-0.4, -0.2) is 55.6 Å². The molecule has 192 valence electrons. The first-order valence-electron chi connectivity index (χ1n) is 11.8. The topological polar surface area (TPSA) is 86.8 Å². The highest BCUT2D eigenvalue weighted by atomic mass is 32.2. The lowest BCUT2D eigenvalue weighted by atomic mass is 10.1. The lowest BCUT2D eigenvalue weighted by molar-refractivity contribution is -0.140. The summed E-state index contributed by atoms with van der Waals surface area (Å²) in [5.74, 6) is -1.32. The van der Waals surface area contributed by atoms with E-state index in [0.29, 0.717) is 6.54 Å². The van der Waals surface area contributed by atoms with Crippen molar-refractivity contribution in [1.82, 2.24) is 14.5 Å². The third-order valence-electron chi connectivity index (χ3n) is 5.94. The van der Waals surface area contributed by atoms with Gasteiger partial charge in [0.25, 0.3) is 0 Å². The number of carbonyl (C=O) groups excluding carboxylic acids is 2. The minimum atomic E-state index is -4.00. The molecule has 0 radical (unpaired) electrons. The zero-order valence-corrected chi connectivity index (χ0v) is 21.8. The van der Waals surface area contributed by atoms with Gasteiger partial charge in [0.05, 0.1) is 11.4 Å². The third kappa shape index (κ3) is 6.47. The number of fused-ring (bicyclic) bond motifs is 1. The lowest BCUT2D eigenvalue weighted by Gasteiger charge is -2.30. The van der Waals surface area contributed by atoms with Gasteiger partial charge in [0, 0.05) is 25.7 Å². The van der Waals surface area contributed by atoms with Gasteiger partial charge in [0.1, 0.15) is 11.9 Å². The molecule has 0 saturated carbocycles. The molecule has 0 aliphatic rings. The van der Waals surface area contributed by atoms with E-state index in [1.54, 1.807) is 25.1 Å². The molecule has 1 atom stereocenters. The standard InChI is InChI=1S/C27H32FN3O4S/c1-19(2)16-29-27(33)20(3)31(17-23-11-7-8-12-25(23)28)26(32)18-30(4)36(34,35)24-14-13-21-9-5-6-10-22(21)15-24/h5-15,19-20H,16-18H2,1-4H3,(H,29,33)/t20-/m1/s1. The molecule has 7 nitrogen and oxygen atoms in total. The van der Waals surface area contributed by atoms with E-state index < -0.39 is 40.2 Å². The maximum atomic E-state index is 14.4. The first kappa shape index (κ1) is 27.3. The van der Waals surface area contributed by atoms with Crippen LogP contribution in [-0.2, 0) is 26.2 Å². The smallest absolute Gasteiger partial charge is 0.243 e. The van der Waals surface area contributed by atoms with Crippen LogP contribution >= 0.6 is 0 Å². The molecule has 0 unspecified atom stereocenters. The van der Waals surface area contributed by atoms with Crippen LogP contribution in [0.2, 0.25) is 0 Å². The minimum Gasteiger partial charge on any atom is -0.354 e. The molecule has 9 heteroatoms. The first-order chi connectivity index (χ1) is 17.0. The van der Waals surface area contributed by atoms with E-state index in [2.05, 4.69) is 5.32 Å². The van der Waals surface area contributed by atoms with E-state index >= 15 is 0 Å². The third-order valence-corrected chi connectivity index (χ3v) is 7.74. The molecule has 0 bridgehead atoms. The van der Waals surface area contributed by atoms with Gasteiger partial charge in [0.15, 0.2) is 0 Å². The predicted octanol–water partition coefficient (Wildman–Crippen LogP) is 3.79. The van der Waals surface area contributed by atoms with Crippen molar-refractivity contribution in [3.05, 3.63) is 78.1 Å². The van der Waals surface area contributed by atoms with Gasteiger partial charge in [-0.05, 0) is 41.8 Å². The Morgan fingerprint density at radius 2 is 1.58 bits per heavy atom. The fourth-order valence-corrected chi connectivity index (χ4v) is 4.88. The zero-order valence-electron chi connectivity index (χ0n) is 20.9. The number of nitrogens with zero attached hydrogens (tertiary/aromatic N) is 2. The van der Waals surface area contributed by atoms with Crippen LogP contribution in [0, 0.1) is 11.7 Å². The summed E-state index contributed by atoms with van der Waals surface area (Å²) in [5.41, 5.74) is 0.231. The summed E-state index contributed by atoms with van der Waals surface area (Å²) in [4.78, 5) is 27.4. The van der Waals surface area contributed by atoms with Crippen LogP contribution in [0.15, 0.2) is 71.6 Å². The van der Waals surface area contributed by atoms with E-state index in [0.717, 1.165) is 15.1 Å². The molecule has 3 rings (SSSR count). The van der Waals surface area contributed by atoms with Gasteiger partial charge in [-0.1, -0.05) is 62.4 Å². The minimum absolute atomic E-state index is 0.0554. The number of sulfonamides is 1. The van der Waals surface area contributed by atoms with Crippen molar-refractivity contribution in [3.8, 4) is 0 Å². The van der Waals surface area contributed by atoms with E-state index in [1.165, 1.54) is 36.2 Å². The number of benzene rings is 3. The number of likely N-dealkylation sites (N-methyl/N-ethyl adjacent to an activating group) is 1. The summed E-state index contributed by atoms with van der Waals surface area (Å²) in [7, 11) is -2.68. The van der Waals surface area contributed by atoms with E-state index in [4.69, 9.17) is 0 Å². The molecule has 0 spiro atoms. The second kappa shape index (κ2) is 11.6. The number of nitrogens with one attached hydrogen (secondary N) is 1. The Morgan fingerprint density at radius 1 is 0.944 bits per heavy atom. The van der Waals surface area contributed by atoms with Crippen molar-refractivity contribution < 1.29 is 22.4 Å². The second-order valence-corrected chi connectivity index (χ2v) is 11.2. The summed E-state index contributed by atoms with van der Waals surface area (Å²) in [6.45, 7) is 5.17. The van der Waals surface area contributed by atoms with Crippen molar-refractivity contribution in [1.29, 1.82) is 0 Å². The van der Waals surface area contributed by atoms with Crippen molar-refractivity contribution in [3.63, 3.8) is 0 Å². The summed E-state index contributed by atoms with van der Waals surface area (Å²) in [6.07, 6.45) is 0. The lowest BCUT2D eigenvalue weighted by Crippen LogP contribution is -2.51. The van der Waals surface area contributed by atoms with Gasteiger partial charge in [-0.2, -0.15) is 4.31 Å². The fourth-order valence-electron chi connectivity index (χ4n) is 3.72. The molecule has 0 aromatic heterocycles. The Kier molecular flexibility index (Phi) is 8.81. The number of carbonyl (C=O) groups is 2. The van der Waals surface area contributed by atoms with Gasteiger partial charge >= 0.3 is 0 Å². The number of halogens is 1. The summed E-state index contributed by atoms with van der Waals surface area (Å²) >= 11 is 0. The highest BCUT2D eigenvalue weighted by Gasteiger charge is 2.30. The maximum Gasteiger partial charge on any atom is 0.243 e. The van der Waals surface area contributed by atoms with Gasteiger partial charge < -0.3 is 10.2 Å². The van der Waals surface area contributed by atoms with Crippen molar-refractivity contribution in [2.45, 2.75) is 38.3 Å². The molecule has 0 aliphatic heterocycles. The Hall–Kier alpha value is -3.30. The van der Waals surface area contributed by atoms with Gasteiger partial charge in [0.2, 0.25) is 21.8 Å². The molecule has 0 saturated heterocycles. The monoisotopic (exact) mass is 513 g/mol. The molecule has 36 heavy (non-hydrogen) atoms. The average molecular weight is 514 g/mol. The second-order valence-electron chi connectivity index (χ2n) is 9.20. The van der Waals surface area contributed by atoms with E-state index in [9.17, 15) is 22.4 Å². The van der Waals surface area contributed by atoms with Crippen molar-refractivity contribution in [2.24, 2.45) is 5.92 Å². The fraction of sp³-hybridized carbons (Fsp3) is 0.333. The van der Waals surface area contributed by atoms with Crippen LogP contribution in [0.25, 0.3) is 10.8 Å². The molecule has 2 amide bonds. The predicted molar refractivity (Wildman–Crippen MR) is 138 cm³/mol. The number of hydrogen-bond acceptors (Lipinski definition) is 4. The Balaban J connectivity index is 1.84. The Morgan fingerprint density at radius 3 is 2.25 bits per heavy atom. The molecule has 3 aromatic carbocycles. The molecular weight excluding hydrogens is 481 g/mol. The summed E-state index contributed by atoms with van der Waals surface area (Å²) in [5, 5.41) is 4.44. The number of amides is 2. The normalized spacial score (nSPS) is 12.6. The summed E-state index contributed by atoms with van der Waals surface area (Å²) < 4.78 is 41.8. The SMILES string of the molecule is CC(C)CNC(=O)[C@@H](C)N(Cc1ccccc1F)C(=O)CN(C)S(=O)(=O)c1ccc2ccccc2c1. The molecular formula is C27H32FN3O4S. The largest absolute Gasteiger partial charge is 0.354 e. The van der Waals surface area contributed by atoms with E-state index in [-0.39, 0.29) is 22.9 Å². The van der Waals surface area contributed by atoms with Gasteiger partial charge in [-0.25, -0.2) is 12.8 Å². The molecule has 0 fully saturated rings. The van der Waals surface area contributed by atoms with Crippen LogP contribution in [0.1, 0.15) is 26.3 Å². The van der Waals surface area contributed by atoms with Crippen LogP contribution in [0.3, 0.4) is 0 Å². The molecule has 0 aliphatic carbocycles. The Labute approximate surface area is 212 Å². The van der Waals surface area contributed by atoms with E-state index in [1.807, 2.05) is 38.1 Å². The first-order valence-corrected chi connectivity index (χ1v) is 13.2. The average Bonchev–Trinajstić information content (AvgIpc) is 2.85. The Bertz CT molecular complexity index is 1340. The van der Waals surface area contributed by atoms with Crippen LogP contribution in [0.4, 0.5) is 4.39 Å². The van der Waals surface area contributed by atoms with Crippen LogP contribution in [0.5, 0.6) is 0 Å². The zero-order chi connectivity index (χ0) is 26.5. The quantitative estimate of drug-likeness (QED) is 0.447. The molecule has 3 aromatic rings. The van der Waals surface area contributed by atoms with Crippen LogP contribution < -0.4 is 5.32 Å². The van der Waals surface area contributed by atoms with Crippen molar-refractivity contribution >= 4 is 32.6 Å². The summed E-state index contributed by atoms with van der Waals surface area (Å²) in [6, 6.07) is 17.2.